The number of Topliss-reactive ketones (excluding diaryl/α,β-unsaturated/α-hetero) is 1. The van der Waals surface area contributed by atoms with Gasteiger partial charge in [0, 0.05) is 42.3 Å². The van der Waals surface area contributed by atoms with Crippen molar-refractivity contribution in [2.45, 2.75) is 52.4 Å². The van der Waals surface area contributed by atoms with Gasteiger partial charge in [-0.3, -0.25) is 9.69 Å². The number of ether oxygens (including phenoxy) is 2. The van der Waals surface area contributed by atoms with Crippen LogP contribution >= 0.6 is 22.9 Å². The van der Waals surface area contributed by atoms with Gasteiger partial charge in [0.05, 0.1) is 35.1 Å². The van der Waals surface area contributed by atoms with Gasteiger partial charge in [-0.1, -0.05) is 29.8 Å². The standard InChI is InChI=1S/C33H37ClN4O3S/c1-20-17-26-31(29(22-9-11-23(34)12-10-22)28(20)30(21(2)39)41-33(3,4)5)42-32(36-26)25-7-6-8-27(35-25)38-15-13-37(14-16-38)24-18-40-19-24/h6-12,17,24,30H,13-16,18-19H2,1-5H3/t30-/m1/s1. The van der Waals surface area contributed by atoms with Gasteiger partial charge in [-0.2, -0.15) is 0 Å². The Labute approximate surface area is 256 Å². The van der Waals surface area contributed by atoms with Crippen molar-refractivity contribution in [3.05, 3.63) is 64.7 Å². The summed E-state index contributed by atoms with van der Waals surface area (Å²) in [5.41, 5.74) is 4.99. The van der Waals surface area contributed by atoms with Crippen LogP contribution in [0.1, 0.15) is 44.9 Å². The minimum atomic E-state index is -0.711. The summed E-state index contributed by atoms with van der Waals surface area (Å²) >= 11 is 7.88. The van der Waals surface area contributed by atoms with Gasteiger partial charge in [0.15, 0.2) is 5.78 Å². The molecule has 1 atom stereocenters. The Kier molecular flexibility index (Phi) is 8.11. The number of carbonyl (C=O) groups excluding carboxylic acids is 1. The number of hydrogen-bond donors (Lipinski definition) is 0. The van der Waals surface area contributed by atoms with Crippen LogP contribution in [0.3, 0.4) is 0 Å². The summed E-state index contributed by atoms with van der Waals surface area (Å²) in [6, 6.07) is 16.6. The Balaban J connectivity index is 1.41. The van der Waals surface area contributed by atoms with E-state index in [0.717, 1.165) is 88.4 Å². The molecular formula is C33H37ClN4O3S. The first-order valence-electron chi connectivity index (χ1n) is 14.5. The number of benzene rings is 2. The van der Waals surface area contributed by atoms with Gasteiger partial charge in [0.2, 0.25) is 0 Å². The monoisotopic (exact) mass is 604 g/mol. The number of aromatic nitrogens is 2. The summed E-state index contributed by atoms with van der Waals surface area (Å²) < 4.78 is 12.8. The van der Waals surface area contributed by atoms with Gasteiger partial charge in [-0.15, -0.1) is 11.3 Å². The molecule has 0 N–H and O–H groups in total. The third-order valence-corrected chi connectivity index (χ3v) is 9.26. The van der Waals surface area contributed by atoms with Crippen molar-refractivity contribution >= 4 is 44.8 Å². The van der Waals surface area contributed by atoms with Gasteiger partial charge < -0.3 is 14.4 Å². The van der Waals surface area contributed by atoms with E-state index in [1.807, 2.05) is 58.0 Å². The lowest BCUT2D eigenvalue weighted by molar-refractivity contribution is -0.138. The number of aryl methyl sites for hydroxylation is 1. The SMILES string of the molecule is CC(=O)[C@@H](OC(C)(C)C)c1c(C)cc2nc(-c3cccc(N4CCN(C5COC5)CC4)n3)sc2c1-c1ccc(Cl)cc1. The highest BCUT2D eigenvalue weighted by atomic mass is 35.5. The van der Waals surface area contributed by atoms with Crippen LogP contribution in [0.25, 0.3) is 32.0 Å². The summed E-state index contributed by atoms with van der Waals surface area (Å²) in [6.45, 7) is 15.2. The molecule has 0 aliphatic carbocycles. The zero-order valence-electron chi connectivity index (χ0n) is 24.8. The number of ketones is 1. The van der Waals surface area contributed by atoms with Gasteiger partial charge >= 0.3 is 0 Å². The maximum Gasteiger partial charge on any atom is 0.163 e. The van der Waals surface area contributed by atoms with E-state index >= 15 is 0 Å². The lowest BCUT2D eigenvalue weighted by Gasteiger charge is -2.42. The second-order valence-electron chi connectivity index (χ2n) is 12.2. The summed E-state index contributed by atoms with van der Waals surface area (Å²) in [4.78, 5) is 28.1. The molecule has 0 saturated carbocycles. The van der Waals surface area contributed by atoms with Crippen LogP contribution in [0.2, 0.25) is 5.02 Å². The molecule has 6 rings (SSSR count). The lowest BCUT2D eigenvalue weighted by atomic mass is 9.90. The summed E-state index contributed by atoms with van der Waals surface area (Å²) in [6.07, 6.45) is -0.711. The molecule has 2 saturated heterocycles. The molecule has 0 spiro atoms. The second-order valence-corrected chi connectivity index (χ2v) is 13.6. The van der Waals surface area contributed by atoms with Crippen LogP contribution in [-0.2, 0) is 14.3 Å². The highest BCUT2D eigenvalue weighted by molar-refractivity contribution is 7.22. The van der Waals surface area contributed by atoms with Crippen LogP contribution in [0.15, 0.2) is 48.5 Å². The normalized spacial score (nSPS) is 17.4. The molecule has 0 bridgehead atoms. The molecule has 7 nitrogen and oxygen atoms in total. The third kappa shape index (κ3) is 5.96. The third-order valence-electron chi connectivity index (χ3n) is 7.89. The molecule has 2 fully saturated rings. The van der Waals surface area contributed by atoms with E-state index in [2.05, 4.69) is 28.0 Å². The molecule has 2 aromatic heterocycles. The largest absolute Gasteiger partial charge is 0.378 e. The lowest BCUT2D eigenvalue weighted by Crippen LogP contribution is -2.56. The first kappa shape index (κ1) is 29.2. The first-order valence-corrected chi connectivity index (χ1v) is 15.7. The molecule has 42 heavy (non-hydrogen) atoms. The van der Waals surface area contributed by atoms with E-state index in [9.17, 15) is 4.79 Å². The maximum atomic E-state index is 13.1. The van der Waals surface area contributed by atoms with Gasteiger partial charge in [0.1, 0.15) is 22.6 Å². The number of hydrogen-bond acceptors (Lipinski definition) is 8. The predicted octanol–water partition coefficient (Wildman–Crippen LogP) is 6.95. The number of halogens is 1. The van der Waals surface area contributed by atoms with Crippen molar-refractivity contribution in [3.63, 3.8) is 0 Å². The predicted molar refractivity (Wildman–Crippen MR) is 171 cm³/mol. The van der Waals surface area contributed by atoms with Crippen molar-refractivity contribution in [1.82, 2.24) is 14.9 Å². The second kappa shape index (κ2) is 11.7. The Hall–Kier alpha value is -2.88. The molecule has 4 aromatic rings. The molecule has 220 valence electrons. The van der Waals surface area contributed by atoms with Crippen LogP contribution in [0.4, 0.5) is 5.82 Å². The highest BCUT2D eigenvalue weighted by Crippen LogP contribution is 2.44. The van der Waals surface area contributed by atoms with Crippen LogP contribution in [0, 0.1) is 6.92 Å². The Morgan fingerprint density at radius 2 is 1.79 bits per heavy atom. The van der Waals surface area contributed by atoms with Gasteiger partial charge in [0.25, 0.3) is 0 Å². The summed E-state index contributed by atoms with van der Waals surface area (Å²) in [5, 5.41) is 1.51. The summed E-state index contributed by atoms with van der Waals surface area (Å²) in [5.74, 6) is 0.938. The zero-order valence-corrected chi connectivity index (χ0v) is 26.4. The van der Waals surface area contributed by atoms with Gasteiger partial charge in [-0.05, 0) is 76.1 Å². The smallest absolute Gasteiger partial charge is 0.163 e. The van der Waals surface area contributed by atoms with Crippen LogP contribution in [0.5, 0.6) is 0 Å². The Morgan fingerprint density at radius 3 is 2.40 bits per heavy atom. The molecule has 0 radical (unpaired) electrons. The Morgan fingerprint density at radius 1 is 1.07 bits per heavy atom. The molecule has 0 unspecified atom stereocenters. The van der Waals surface area contributed by atoms with E-state index < -0.39 is 11.7 Å². The van der Waals surface area contributed by atoms with Crippen LogP contribution in [-0.4, -0.2) is 71.7 Å². The van der Waals surface area contributed by atoms with Crippen molar-refractivity contribution in [2.75, 3.05) is 44.3 Å². The van der Waals surface area contributed by atoms with Crippen molar-refractivity contribution in [3.8, 4) is 21.8 Å². The minimum absolute atomic E-state index is 0.0355. The van der Waals surface area contributed by atoms with Gasteiger partial charge in [-0.25, -0.2) is 9.97 Å². The van der Waals surface area contributed by atoms with E-state index in [1.54, 1.807) is 18.3 Å². The highest BCUT2D eigenvalue weighted by Gasteiger charge is 2.31. The number of nitrogens with zero attached hydrogens (tertiary/aromatic N) is 4. The fraction of sp³-hybridized carbons (Fsp3) is 0.424. The molecule has 9 heteroatoms. The number of carbonyl (C=O) groups is 1. The zero-order chi connectivity index (χ0) is 29.6. The fourth-order valence-corrected chi connectivity index (χ4v) is 6.95. The average molecular weight is 605 g/mol. The number of rotatable bonds is 7. The van der Waals surface area contributed by atoms with E-state index in [1.165, 1.54) is 0 Å². The van der Waals surface area contributed by atoms with E-state index in [-0.39, 0.29) is 5.78 Å². The molecule has 4 heterocycles. The number of anilines is 1. The molecule has 2 aliphatic heterocycles. The number of pyridine rings is 1. The van der Waals surface area contributed by atoms with E-state index in [0.29, 0.717) is 11.1 Å². The van der Waals surface area contributed by atoms with Crippen molar-refractivity contribution in [1.29, 1.82) is 0 Å². The van der Waals surface area contributed by atoms with Crippen LogP contribution < -0.4 is 4.90 Å². The maximum absolute atomic E-state index is 13.1. The first-order chi connectivity index (χ1) is 20.1. The fourth-order valence-electron chi connectivity index (χ4n) is 5.73. The number of thiazole rings is 1. The molecular weight excluding hydrogens is 568 g/mol. The topological polar surface area (TPSA) is 67.8 Å². The minimum Gasteiger partial charge on any atom is -0.378 e. The molecule has 2 aliphatic rings. The molecule has 0 amide bonds. The quantitative estimate of drug-likeness (QED) is 0.226. The summed E-state index contributed by atoms with van der Waals surface area (Å²) in [7, 11) is 0. The number of fused-ring (bicyclic) bond motifs is 1. The number of piperazine rings is 1. The van der Waals surface area contributed by atoms with Crippen molar-refractivity contribution < 1.29 is 14.3 Å². The Bertz CT molecular complexity index is 1600. The molecule has 2 aromatic carbocycles. The average Bonchev–Trinajstić information content (AvgIpc) is 3.34. The van der Waals surface area contributed by atoms with E-state index in [4.69, 9.17) is 31.0 Å². The van der Waals surface area contributed by atoms with Crippen molar-refractivity contribution in [2.24, 2.45) is 0 Å².